The number of aliphatic hydroxyl groups excluding tert-OH is 1. The van der Waals surface area contributed by atoms with Crippen molar-refractivity contribution in [1.29, 1.82) is 0 Å². The molecule has 29 heavy (non-hydrogen) atoms. The Kier molecular flexibility index (Phi) is 4.97. The molecule has 0 aromatic heterocycles. The van der Waals surface area contributed by atoms with Crippen LogP contribution in [-0.2, 0) is 9.63 Å². The van der Waals surface area contributed by atoms with Gasteiger partial charge in [-0.25, -0.2) is 9.38 Å². The normalized spacial score (nSPS) is 21.6. The zero-order valence-electron chi connectivity index (χ0n) is 15.2. The van der Waals surface area contributed by atoms with E-state index >= 15 is 0 Å². The summed E-state index contributed by atoms with van der Waals surface area (Å²) in [6.45, 7) is -0.0992. The average Bonchev–Trinajstić information content (AvgIpc) is 3.08. The number of amidine groups is 1. The maximum atomic E-state index is 13.7. The van der Waals surface area contributed by atoms with E-state index < -0.39 is 17.0 Å². The monoisotopic (exact) mass is 417 g/mol. The molecule has 0 saturated carbocycles. The van der Waals surface area contributed by atoms with Crippen molar-refractivity contribution in [3.63, 3.8) is 0 Å². The Labute approximate surface area is 170 Å². The first-order chi connectivity index (χ1) is 13.9. The summed E-state index contributed by atoms with van der Waals surface area (Å²) in [6, 6.07) is 10.6. The van der Waals surface area contributed by atoms with E-state index in [-0.39, 0.29) is 37.9 Å². The number of hydrogen-bond acceptors (Lipinski definition) is 6. The van der Waals surface area contributed by atoms with Crippen molar-refractivity contribution in [3.05, 3.63) is 58.9 Å². The third kappa shape index (κ3) is 3.56. The summed E-state index contributed by atoms with van der Waals surface area (Å²) in [5.41, 5.74) is 0.474. The van der Waals surface area contributed by atoms with Crippen LogP contribution in [0.3, 0.4) is 0 Å². The van der Waals surface area contributed by atoms with Crippen LogP contribution >= 0.6 is 11.6 Å². The number of rotatable bonds is 4. The Hall–Kier alpha value is -2.97. The predicted octanol–water partition coefficient (Wildman–Crippen LogP) is 2.73. The smallest absolute Gasteiger partial charge is 0.228 e. The van der Waals surface area contributed by atoms with E-state index in [0.29, 0.717) is 22.0 Å². The number of hydrogen-bond donors (Lipinski definition) is 2. The van der Waals surface area contributed by atoms with Gasteiger partial charge in [-0.2, -0.15) is 0 Å². The highest BCUT2D eigenvalue weighted by molar-refractivity contribution is 6.30. The molecule has 0 spiro atoms. The van der Waals surface area contributed by atoms with Gasteiger partial charge in [0.05, 0.1) is 17.7 Å². The SMILES string of the molecule is O=C1CC(CO)(C2=NC(c3ccc(O)c(F)c3)=NOC2)CN1c1ccc(Cl)cc1. The molecule has 150 valence electrons. The molecule has 2 aromatic carbocycles. The lowest BCUT2D eigenvalue weighted by Gasteiger charge is -2.29. The fourth-order valence-electron chi connectivity index (χ4n) is 3.45. The number of phenolic OH excluding ortho intramolecular Hbond substituents is 1. The Bertz CT molecular complexity index is 1020. The summed E-state index contributed by atoms with van der Waals surface area (Å²) in [6.07, 6.45) is 0.0472. The molecular weight excluding hydrogens is 401 g/mol. The number of carbonyl (C=O) groups is 1. The molecule has 7 nitrogen and oxygen atoms in total. The van der Waals surface area contributed by atoms with E-state index in [0.717, 1.165) is 6.07 Å². The predicted molar refractivity (Wildman–Crippen MR) is 106 cm³/mol. The highest BCUT2D eigenvalue weighted by Crippen LogP contribution is 2.37. The summed E-state index contributed by atoms with van der Waals surface area (Å²) in [4.78, 5) is 24.0. The van der Waals surface area contributed by atoms with E-state index in [4.69, 9.17) is 16.4 Å². The van der Waals surface area contributed by atoms with E-state index in [9.17, 15) is 19.4 Å². The Morgan fingerprint density at radius 2 is 2.00 bits per heavy atom. The molecule has 1 fully saturated rings. The molecule has 9 heteroatoms. The summed E-state index contributed by atoms with van der Waals surface area (Å²) in [5.74, 6) is -1.35. The van der Waals surface area contributed by atoms with Gasteiger partial charge < -0.3 is 20.0 Å². The number of amides is 1. The second-order valence-electron chi connectivity index (χ2n) is 6.98. The fraction of sp³-hybridized carbons (Fsp3) is 0.250. The van der Waals surface area contributed by atoms with Crippen molar-refractivity contribution in [2.75, 3.05) is 24.7 Å². The lowest BCUT2D eigenvalue weighted by molar-refractivity contribution is -0.117. The number of anilines is 1. The molecule has 1 saturated heterocycles. The summed E-state index contributed by atoms with van der Waals surface area (Å²) in [5, 5.41) is 23.9. The third-order valence-corrected chi connectivity index (χ3v) is 5.36. The summed E-state index contributed by atoms with van der Waals surface area (Å²) < 4.78 is 13.7. The van der Waals surface area contributed by atoms with Crippen molar-refractivity contribution in [1.82, 2.24) is 0 Å². The van der Waals surface area contributed by atoms with Gasteiger partial charge in [-0.15, -0.1) is 0 Å². The van der Waals surface area contributed by atoms with Gasteiger partial charge in [0.2, 0.25) is 5.91 Å². The molecule has 2 heterocycles. The van der Waals surface area contributed by atoms with E-state index in [1.54, 1.807) is 29.2 Å². The Morgan fingerprint density at radius 3 is 2.69 bits per heavy atom. The van der Waals surface area contributed by atoms with Gasteiger partial charge in [0.15, 0.2) is 24.0 Å². The molecule has 1 atom stereocenters. The second kappa shape index (κ2) is 7.46. The number of aliphatic hydroxyl groups is 1. The molecule has 0 bridgehead atoms. The van der Waals surface area contributed by atoms with Crippen LogP contribution in [0.5, 0.6) is 5.75 Å². The number of aliphatic imine (C=N–C) groups is 1. The Morgan fingerprint density at radius 1 is 1.24 bits per heavy atom. The van der Waals surface area contributed by atoms with Gasteiger partial charge >= 0.3 is 0 Å². The number of halogens is 2. The van der Waals surface area contributed by atoms with Crippen LogP contribution in [0, 0.1) is 11.2 Å². The second-order valence-corrected chi connectivity index (χ2v) is 7.42. The van der Waals surface area contributed by atoms with Gasteiger partial charge in [0, 0.05) is 29.2 Å². The van der Waals surface area contributed by atoms with Crippen LogP contribution in [0.4, 0.5) is 10.1 Å². The number of phenols is 1. The third-order valence-electron chi connectivity index (χ3n) is 5.10. The van der Waals surface area contributed by atoms with E-state index in [2.05, 4.69) is 10.1 Å². The number of nitrogens with zero attached hydrogens (tertiary/aromatic N) is 3. The molecule has 2 aromatic rings. The molecule has 2 N–H and O–H groups in total. The number of carbonyl (C=O) groups excluding carboxylic acids is 1. The van der Waals surface area contributed by atoms with Gasteiger partial charge in [-0.05, 0) is 42.5 Å². The molecule has 4 rings (SSSR count). The molecule has 0 aliphatic carbocycles. The van der Waals surface area contributed by atoms with E-state index in [1.165, 1.54) is 12.1 Å². The first-order valence-corrected chi connectivity index (χ1v) is 9.23. The van der Waals surface area contributed by atoms with E-state index in [1.807, 2.05) is 0 Å². The number of benzene rings is 2. The molecule has 2 aliphatic heterocycles. The highest BCUT2D eigenvalue weighted by atomic mass is 35.5. The van der Waals surface area contributed by atoms with Crippen LogP contribution in [-0.4, -0.2) is 47.4 Å². The Balaban J connectivity index is 1.65. The van der Waals surface area contributed by atoms with Crippen molar-refractivity contribution in [3.8, 4) is 5.75 Å². The zero-order valence-corrected chi connectivity index (χ0v) is 15.9. The zero-order chi connectivity index (χ0) is 20.6. The lowest BCUT2D eigenvalue weighted by Crippen LogP contribution is -2.42. The number of aromatic hydroxyl groups is 1. The minimum Gasteiger partial charge on any atom is -0.505 e. The maximum Gasteiger partial charge on any atom is 0.228 e. The van der Waals surface area contributed by atoms with Crippen LogP contribution in [0.25, 0.3) is 0 Å². The van der Waals surface area contributed by atoms with Crippen LogP contribution < -0.4 is 4.90 Å². The van der Waals surface area contributed by atoms with Gasteiger partial charge in [0.25, 0.3) is 0 Å². The van der Waals surface area contributed by atoms with Crippen LogP contribution in [0.15, 0.2) is 52.6 Å². The van der Waals surface area contributed by atoms with Gasteiger partial charge in [-0.1, -0.05) is 16.8 Å². The standard InChI is InChI=1S/C20H17ClFN3O4/c21-13-2-4-14(5-3-13)25-10-20(11-26,8-18(25)28)17-9-29-24-19(23-17)12-1-6-16(27)15(22)7-12/h1-7,26-27H,8-11H2. The minimum atomic E-state index is -0.951. The summed E-state index contributed by atoms with van der Waals surface area (Å²) in [7, 11) is 0. The quantitative estimate of drug-likeness (QED) is 0.799. The first-order valence-electron chi connectivity index (χ1n) is 8.85. The molecule has 0 radical (unpaired) electrons. The fourth-order valence-corrected chi connectivity index (χ4v) is 3.57. The van der Waals surface area contributed by atoms with Gasteiger partial charge in [-0.3, -0.25) is 4.79 Å². The van der Waals surface area contributed by atoms with Gasteiger partial charge in [0.1, 0.15) is 0 Å². The highest BCUT2D eigenvalue weighted by Gasteiger charge is 2.48. The largest absolute Gasteiger partial charge is 0.505 e. The van der Waals surface area contributed by atoms with Crippen molar-refractivity contribution in [2.45, 2.75) is 6.42 Å². The molecule has 1 amide bonds. The topological polar surface area (TPSA) is 94.7 Å². The maximum absolute atomic E-state index is 13.7. The summed E-state index contributed by atoms with van der Waals surface area (Å²) >= 11 is 5.92. The van der Waals surface area contributed by atoms with Crippen LogP contribution in [0.2, 0.25) is 5.02 Å². The lowest BCUT2D eigenvalue weighted by atomic mass is 9.82. The van der Waals surface area contributed by atoms with Crippen molar-refractivity contribution >= 4 is 34.7 Å². The minimum absolute atomic E-state index is 0.00631. The van der Waals surface area contributed by atoms with Crippen molar-refractivity contribution in [2.24, 2.45) is 15.6 Å². The number of oxime groups is 1. The molecular formula is C20H17ClFN3O4. The first kappa shape index (κ1) is 19.4. The molecule has 2 aliphatic rings. The molecule has 1 unspecified atom stereocenters. The van der Waals surface area contributed by atoms with Crippen LogP contribution in [0.1, 0.15) is 12.0 Å². The van der Waals surface area contributed by atoms with Crippen molar-refractivity contribution < 1.29 is 24.2 Å². The average molecular weight is 418 g/mol.